The summed E-state index contributed by atoms with van der Waals surface area (Å²) in [5, 5.41) is 15.3. The lowest BCUT2D eigenvalue weighted by molar-refractivity contribution is -0.0979. The van der Waals surface area contributed by atoms with Crippen molar-refractivity contribution in [2.24, 2.45) is 0 Å². The highest BCUT2D eigenvalue weighted by Crippen LogP contribution is 2.28. The maximum atomic E-state index is 9.04. The van der Waals surface area contributed by atoms with Crippen LogP contribution in [0.3, 0.4) is 0 Å². The third kappa shape index (κ3) is 2.98. The standard InChI is InChI=1S/C14H12ClN7.CH2O/c1-17-11-12(15)20-14(21-13(11)18-2)22-7-19-9-4-3-8(6-16)5-10(9)22;1-2/h3-5,7,17H,1-2H3,(H,18,20,21);1H2. The van der Waals surface area contributed by atoms with Crippen LogP contribution in [-0.4, -0.2) is 40.4 Å². The lowest BCUT2D eigenvalue weighted by Gasteiger charge is -2.11. The second-order valence-corrected chi connectivity index (χ2v) is 4.83. The number of aromatic nitrogens is 4. The molecule has 24 heavy (non-hydrogen) atoms. The summed E-state index contributed by atoms with van der Waals surface area (Å²) >= 11 is 6.20. The predicted molar refractivity (Wildman–Crippen MR) is 92.6 cm³/mol. The second kappa shape index (κ2) is 7.39. The van der Waals surface area contributed by atoms with Crippen molar-refractivity contribution in [1.82, 2.24) is 19.5 Å². The summed E-state index contributed by atoms with van der Waals surface area (Å²) in [6.07, 6.45) is 1.61. The summed E-state index contributed by atoms with van der Waals surface area (Å²) in [5.74, 6) is 0.960. The molecule has 0 aliphatic heterocycles. The first kappa shape index (κ1) is 17.2. The van der Waals surface area contributed by atoms with Gasteiger partial charge in [0.1, 0.15) is 18.8 Å². The van der Waals surface area contributed by atoms with Crippen molar-refractivity contribution in [2.75, 3.05) is 24.7 Å². The van der Waals surface area contributed by atoms with Crippen molar-refractivity contribution in [3.8, 4) is 12.0 Å². The largest absolute Gasteiger partial charge is 0.383 e. The molecule has 0 bridgehead atoms. The minimum absolute atomic E-state index is 0.301. The van der Waals surface area contributed by atoms with E-state index in [1.165, 1.54) is 0 Å². The number of nitriles is 1. The lowest BCUT2D eigenvalue weighted by Crippen LogP contribution is -2.07. The third-order valence-corrected chi connectivity index (χ3v) is 3.51. The fourth-order valence-electron chi connectivity index (χ4n) is 2.17. The molecule has 8 nitrogen and oxygen atoms in total. The van der Waals surface area contributed by atoms with Gasteiger partial charge in [0.05, 0.1) is 22.7 Å². The van der Waals surface area contributed by atoms with Gasteiger partial charge >= 0.3 is 0 Å². The Balaban J connectivity index is 0.00000100. The van der Waals surface area contributed by atoms with E-state index >= 15 is 0 Å². The van der Waals surface area contributed by atoms with E-state index in [4.69, 9.17) is 21.7 Å². The molecule has 0 unspecified atom stereocenters. The molecule has 0 spiro atoms. The molecule has 0 atom stereocenters. The Kier molecular flexibility index (Phi) is 5.29. The molecule has 3 rings (SSSR count). The molecule has 0 aliphatic rings. The summed E-state index contributed by atoms with van der Waals surface area (Å²) in [5.41, 5.74) is 2.66. The average molecular weight is 344 g/mol. The van der Waals surface area contributed by atoms with E-state index in [0.29, 0.717) is 28.2 Å². The van der Waals surface area contributed by atoms with Crippen molar-refractivity contribution >= 4 is 40.9 Å². The third-order valence-electron chi connectivity index (χ3n) is 3.23. The van der Waals surface area contributed by atoms with E-state index in [1.54, 1.807) is 43.2 Å². The summed E-state index contributed by atoms with van der Waals surface area (Å²) in [6, 6.07) is 7.35. The fourth-order valence-corrected chi connectivity index (χ4v) is 2.43. The van der Waals surface area contributed by atoms with Crippen molar-refractivity contribution in [1.29, 1.82) is 5.26 Å². The molecule has 122 valence electrons. The fraction of sp³-hybridized carbons (Fsp3) is 0.133. The summed E-state index contributed by atoms with van der Waals surface area (Å²) in [6.45, 7) is 2.00. The van der Waals surface area contributed by atoms with Crippen LogP contribution < -0.4 is 10.6 Å². The highest BCUT2D eigenvalue weighted by Gasteiger charge is 2.14. The molecule has 0 aliphatic carbocycles. The number of benzene rings is 1. The monoisotopic (exact) mass is 343 g/mol. The number of hydrogen-bond acceptors (Lipinski definition) is 7. The van der Waals surface area contributed by atoms with Crippen LogP contribution in [0.4, 0.5) is 11.5 Å². The summed E-state index contributed by atoms with van der Waals surface area (Å²) in [7, 11) is 3.50. The zero-order chi connectivity index (χ0) is 17.7. The van der Waals surface area contributed by atoms with Crippen molar-refractivity contribution in [3.05, 3.63) is 35.2 Å². The molecule has 0 saturated carbocycles. The maximum absolute atomic E-state index is 9.04. The molecule has 9 heteroatoms. The van der Waals surface area contributed by atoms with Crippen LogP contribution in [-0.2, 0) is 4.79 Å². The van der Waals surface area contributed by atoms with Crippen molar-refractivity contribution in [3.63, 3.8) is 0 Å². The first-order valence-corrected chi connectivity index (χ1v) is 7.15. The smallest absolute Gasteiger partial charge is 0.238 e. The van der Waals surface area contributed by atoms with Gasteiger partial charge in [-0.05, 0) is 18.2 Å². The molecule has 0 saturated heterocycles. The Morgan fingerprint density at radius 1 is 1.25 bits per heavy atom. The molecule has 2 aromatic heterocycles. The Hall–Kier alpha value is -3.18. The number of fused-ring (bicyclic) bond motifs is 1. The predicted octanol–water partition coefficient (Wildman–Crippen LogP) is 2.24. The average Bonchev–Trinajstić information content (AvgIpc) is 3.05. The molecular formula is C15H14ClN7O. The normalized spacial score (nSPS) is 9.75. The van der Waals surface area contributed by atoms with Gasteiger partial charge in [-0.1, -0.05) is 11.6 Å². The molecule has 2 N–H and O–H groups in total. The van der Waals surface area contributed by atoms with Crippen LogP contribution in [0.15, 0.2) is 24.5 Å². The van der Waals surface area contributed by atoms with Crippen LogP contribution in [0.5, 0.6) is 0 Å². The number of halogens is 1. The Morgan fingerprint density at radius 2 is 2.00 bits per heavy atom. The Bertz CT molecular complexity index is 916. The van der Waals surface area contributed by atoms with Crippen LogP contribution in [0.2, 0.25) is 5.15 Å². The number of carbonyl (C=O) groups excluding carboxylic acids is 1. The molecular weight excluding hydrogens is 330 g/mol. The molecule has 2 heterocycles. The summed E-state index contributed by atoms with van der Waals surface area (Å²) in [4.78, 5) is 21.0. The number of nitrogens with zero attached hydrogens (tertiary/aromatic N) is 5. The molecule has 0 fully saturated rings. The van der Waals surface area contributed by atoms with E-state index in [-0.39, 0.29) is 0 Å². The van der Waals surface area contributed by atoms with Gasteiger partial charge in [-0.15, -0.1) is 0 Å². The minimum Gasteiger partial charge on any atom is -0.383 e. The highest BCUT2D eigenvalue weighted by atomic mass is 35.5. The second-order valence-electron chi connectivity index (χ2n) is 4.47. The van der Waals surface area contributed by atoms with Crippen LogP contribution >= 0.6 is 11.6 Å². The SMILES string of the molecule is C=O.CNc1nc(-n2cnc3ccc(C#N)cc32)nc(Cl)c1NC. The van der Waals surface area contributed by atoms with Crippen LogP contribution in [0.25, 0.3) is 17.0 Å². The molecule has 0 amide bonds. The molecule has 0 radical (unpaired) electrons. The van der Waals surface area contributed by atoms with Gasteiger partial charge in [-0.3, -0.25) is 4.57 Å². The van der Waals surface area contributed by atoms with E-state index in [0.717, 1.165) is 11.0 Å². The van der Waals surface area contributed by atoms with Gasteiger partial charge in [0.2, 0.25) is 5.95 Å². The quantitative estimate of drug-likeness (QED) is 0.702. The number of hydrogen-bond donors (Lipinski definition) is 2. The number of nitrogens with one attached hydrogen (secondary N) is 2. The zero-order valence-corrected chi connectivity index (χ0v) is 13.8. The van der Waals surface area contributed by atoms with Gasteiger partial charge < -0.3 is 15.4 Å². The van der Waals surface area contributed by atoms with Crippen LogP contribution in [0, 0.1) is 11.3 Å². The minimum atomic E-state index is 0.301. The van der Waals surface area contributed by atoms with E-state index in [2.05, 4.69) is 31.7 Å². The van der Waals surface area contributed by atoms with E-state index < -0.39 is 0 Å². The number of imidazole rings is 1. The van der Waals surface area contributed by atoms with Gasteiger partial charge in [-0.25, -0.2) is 4.98 Å². The number of rotatable bonds is 3. The molecule has 1 aromatic carbocycles. The Labute approximate surface area is 143 Å². The maximum Gasteiger partial charge on any atom is 0.238 e. The number of anilines is 2. The topological polar surface area (TPSA) is 109 Å². The van der Waals surface area contributed by atoms with Crippen LogP contribution in [0.1, 0.15) is 5.56 Å². The van der Waals surface area contributed by atoms with Crippen molar-refractivity contribution in [2.45, 2.75) is 0 Å². The van der Waals surface area contributed by atoms with Gasteiger partial charge in [0.15, 0.2) is 11.0 Å². The van der Waals surface area contributed by atoms with Gasteiger partial charge in [0, 0.05) is 14.1 Å². The van der Waals surface area contributed by atoms with Gasteiger partial charge in [-0.2, -0.15) is 15.2 Å². The zero-order valence-electron chi connectivity index (χ0n) is 13.0. The Morgan fingerprint density at radius 3 is 2.62 bits per heavy atom. The first-order valence-electron chi connectivity index (χ1n) is 6.77. The van der Waals surface area contributed by atoms with E-state index in [1.807, 2.05) is 6.79 Å². The van der Waals surface area contributed by atoms with Crippen molar-refractivity contribution < 1.29 is 4.79 Å². The van der Waals surface area contributed by atoms with E-state index in [9.17, 15) is 0 Å². The highest BCUT2D eigenvalue weighted by molar-refractivity contribution is 6.32. The molecule has 3 aromatic rings. The summed E-state index contributed by atoms with van der Waals surface area (Å²) < 4.78 is 1.70. The lowest BCUT2D eigenvalue weighted by atomic mass is 10.2. The number of carbonyl (C=O) groups is 1. The first-order chi connectivity index (χ1) is 11.7. The van der Waals surface area contributed by atoms with Gasteiger partial charge in [0.25, 0.3) is 0 Å².